The van der Waals surface area contributed by atoms with E-state index in [4.69, 9.17) is 10.3 Å². The van der Waals surface area contributed by atoms with Crippen LogP contribution in [-0.2, 0) is 0 Å². The minimum atomic E-state index is -1.30. The third-order valence-corrected chi connectivity index (χ3v) is 1.00. The van der Waals surface area contributed by atoms with Crippen LogP contribution in [0.3, 0.4) is 0 Å². The van der Waals surface area contributed by atoms with Crippen molar-refractivity contribution in [2.75, 3.05) is 0 Å². The van der Waals surface area contributed by atoms with Crippen molar-refractivity contribution in [3.63, 3.8) is 0 Å². The van der Waals surface area contributed by atoms with Gasteiger partial charge in [-0.2, -0.15) is 4.73 Å². The molecule has 1 aromatic heterocycles. The highest BCUT2D eigenvalue weighted by Crippen LogP contribution is 1.87. The topological polar surface area (TPSA) is 92.4 Å². The molecule has 0 saturated carbocycles. The molecule has 0 aromatic carbocycles. The summed E-state index contributed by atoms with van der Waals surface area (Å²) in [6, 6.07) is 0. The Kier molecular flexibility index (Phi) is 1.59. The van der Waals surface area contributed by atoms with E-state index in [2.05, 4.69) is 4.98 Å². The van der Waals surface area contributed by atoms with Crippen molar-refractivity contribution in [3.05, 3.63) is 28.4 Å². The van der Waals surface area contributed by atoms with Gasteiger partial charge in [-0.1, -0.05) is 0 Å². The van der Waals surface area contributed by atoms with Gasteiger partial charge in [-0.15, -0.1) is 0 Å². The van der Waals surface area contributed by atoms with Gasteiger partial charge in [0.2, 0.25) is 0 Å². The number of carbonyl (C=O) groups is 1. The summed E-state index contributed by atoms with van der Waals surface area (Å²) in [5, 5.41) is 17.0. The van der Waals surface area contributed by atoms with E-state index >= 15 is 0 Å². The molecule has 0 bridgehead atoms. The highest BCUT2D eigenvalue weighted by atomic mass is 16.5. The van der Waals surface area contributed by atoms with Gasteiger partial charge in [-0.3, -0.25) is 4.79 Å². The maximum atomic E-state index is 10.5. The van der Waals surface area contributed by atoms with Gasteiger partial charge in [0.05, 0.1) is 12.4 Å². The molecule has 11 heavy (non-hydrogen) atoms. The van der Waals surface area contributed by atoms with E-state index in [0.717, 1.165) is 12.4 Å². The first kappa shape index (κ1) is 7.26. The van der Waals surface area contributed by atoms with Crippen molar-refractivity contribution in [2.45, 2.75) is 0 Å². The average Bonchev–Trinajstić information content (AvgIpc) is 1.94. The van der Waals surface area contributed by atoms with E-state index in [1.165, 1.54) is 0 Å². The molecule has 0 unspecified atom stereocenters. The maximum absolute atomic E-state index is 10.5. The molecule has 0 amide bonds. The highest BCUT2D eigenvalue weighted by Gasteiger charge is 2.05. The van der Waals surface area contributed by atoms with Crippen molar-refractivity contribution >= 4 is 5.97 Å². The largest absolute Gasteiger partial charge is 0.476 e. The van der Waals surface area contributed by atoms with Gasteiger partial charge in [0.15, 0.2) is 5.69 Å². The van der Waals surface area contributed by atoms with Crippen molar-refractivity contribution in [2.24, 2.45) is 0 Å². The summed E-state index contributed by atoms with van der Waals surface area (Å²) in [5.41, 5.74) is -1.15. The molecule has 0 aliphatic carbocycles. The first-order chi connectivity index (χ1) is 5.11. The van der Waals surface area contributed by atoms with Gasteiger partial charge in [0.1, 0.15) is 0 Å². The molecule has 6 heteroatoms. The zero-order valence-electron chi connectivity index (χ0n) is 5.26. The Bertz CT molecular complexity index is 343. The lowest BCUT2D eigenvalue weighted by Crippen LogP contribution is -2.19. The van der Waals surface area contributed by atoms with Gasteiger partial charge >= 0.3 is 11.5 Å². The zero-order valence-corrected chi connectivity index (χ0v) is 5.26. The van der Waals surface area contributed by atoms with E-state index in [1.807, 2.05) is 0 Å². The monoisotopic (exact) mass is 156 g/mol. The summed E-state index contributed by atoms with van der Waals surface area (Å²) >= 11 is 0. The molecule has 1 heterocycles. The third-order valence-electron chi connectivity index (χ3n) is 1.00. The zero-order chi connectivity index (χ0) is 8.43. The maximum Gasteiger partial charge on any atom is 0.356 e. The lowest BCUT2D eigenvalue weighted by Gasteiger charge is -1.94. The molecule has 6 nitrogen and oxygen atoms in total. The smallest absolute Gasteiger partial charge is 0.356 e. The van der Waals surface area contributed by atoms with Gasteiger partial charge in [0, 0.05) is 0 Å². The van der Waals surface area contributed by atoms with E-state index in [9.17, 15) is 9.59 Å². The van der Waals surface area contributed by atoms with Crippen molar-refractivity contribution in [3.8, 4) is 0 Å². The number of aromatic carboxylic acids is 1. The van der Waals surface area contributed by atoms with Crippen LogP contribution in [-0.4, -0.2) is 26.0 Å². The van der Waals surface area contributed by atoms with Crippen LogP contribution >= 0.6 is 0 Å². The van der Waals surface area contributed by atoms with Crippen molar-refractivity contribution < 1.29 is 15.1 Å². The first-order valence-electron chi connectivity index (χ1n) is 2.62. The quantitative estimate of drug-likeness (QED) is 0.518. The Morgan fingerprint density at radius 1 is 1.64 bits per heavy atom. The van der Waals surface area contributed by atoms with Gasteiger partial charge in [0.25, 0.3) is 0 Å². The van der Waals surface area contributed by atoms with Gasteiger partial charge < -0.3 is 10.3 Å². The van der Waals surface area contributed by atoms with Crippen LogP contribution in [0.15, 0.2) is 17.2 Å². The molecular formula is C5H4N2O4. The van der Waals surface area contributed by atoms with E-state index < -0.39 is 11.5 Å². The lowest BCUT2D eigenvalue weighted by molar-refractivity contribution is 0.0683. The molecule has 0 fully saturated rings. The second-order valence-corrected chi connectivity index (χ2v) is 1.76. The molecule has 0 saturated heterocycles. The van der Waals surface area contributed by atoms with Crippen LogP contribution in [0, 0.1) is 0 Å². The number of nitrogens with zero attached hydrogens (tertiary/aromatic N) is 2. The van der Waals surface area contributed by atoms with Crippen LogP contribution in [0.5, 0.6) is 0 Å². The number of hydrogen-bond acceptors (Lipinski definition) is 4. The first-order valence-corrected chi connectivity index (χ1v) is 2.62. The molecule has 0 atom stereocenters. The second kappa shape index (κ2) is 2.41. The van der Waals surface area contributed by atoms with E-state index in [-0.39, 0.29) is 10.4 Å². The third kappa shape index (κ3) is 1.34. The van der Waals surface area contributed by atoms with Crippen LogP contribution in [0.25, 0.3) is 0 Å². The molecule has 0 aliphatic heterocycles. The molecule has 1 aromatic rings. The Hall–Kier alpha value is -1.85. The van der Waals surface area contributed by atoms with Crippen LogP contribution in [0.1, 0.15) is 10.5 Å². The van der Waals surface area contributed by atoms with Crippen LogP contribution < -0.4 is 5.56 Å². The van der Waals surface area contributed by atoms with Gasteiger partial charge in [-0.25, -0.2) is 9.78 Å². The fraction of sp³-hybridized carbons (Fsp3) is 0. The SMILES string of the molecule is O=C(O)c1cn(O)c(=O)cn1. The fourth-order valence-corrected chi connectivity index (χ4v) is 0.507. The number of carboxylic acid groups (broad SMARTS) is 1. The van der Waals surface area contributed by atoms with Crippen LogP contribution in [0.2, 0.25) is 0 Å². The minimum absolute atomic E-state index is 0.163. The Balaban J connectivity index is 3.26. The van der Waals surface area contributed by atoms with E-state index in [1.54, 1.807) is 0 Å². The number of rotatable bonds is 1. The standard InChI is InChI=1S/C5H4N2O4/c8-4-1-6-3(5(9)10)2-7(4)11/h1-2,11H,(H,9,10). The Morgan fingerprint density at radius 2 is 2.27 bits per heavy atom. The number of hydrogen-bond donors (Lipinski definition) is 2. The number of carboxylic acids is 1. The average molecular weight is 156 g/mol. The fourth-order valence-electron chi connectivity index (χ4n) is 0.507. The molecule has 0 radical (unpaired) electrons. The van der Waals surface area contributed by atoms with Gasteiger partial charge in [-0.05, 0) is 0 Å². The predicted molar refractivity (Wildman–Crippen MR) is 32.6 cm³/mol. The summed E-state index contributed by atoms with van der Waals surface area (Å²) in [6.45, 7) is 0. The Labute approximate surface area is 60.3 Å². The van der Waals surface area contributed by atoms with Crippen molar-refractivity contribution in [1.82, 2.24) is 9.71 Å². The summed E-state index contributed by atoms with van der Waals surface area (Å²) in [6.07, 6.45) is 1.45. The molecule has 0 spiro atoms. The minimum Gasteiger partial charge on any atom is -0.476 e. The molecule has 58 valence electrons. The summed E-state index contributed by atoms with van der Waals surface area (Å²) in [7, 11) is 0. The highest BCUT2D eigenvalue weighted by molar-refractivity contribution is 5.84. The molecule has 1 rings (SSSR count). The van der Waals surface area contributed by atoms with Crippen LogP contribution in [0.4, 0.5) is 0 Å². The molecular weight excluding hydrogens is 152 g/mol. The Morgan fingerprint density at radius 3 is 2.73 bits per heavy atom. The normalized spacial score (nSPS) is 9.45. The number of aromatic nitrogens is 2. The summed E-state index contributed by atoms with van der Waals surface area (Å²) in [5.74, 6) is -1.30. The summed E-state index contributed by atoms with van der Waals surface area (Å²) in [4.78, 5) is 23.9. The summed E-state index contributed by atoms with van der Waals surface area (Å²) < 4.78 is 0.163. The lowest BCUT2D eigenvalue weighted by atomic mass is 10.5. The van der Waals surface area contributed by atoms with Crippen molar-refractivity contribution in [1.29, 1.82) is 0 Å². The predicted octanol–water partition coefficient (Wildman–Crippen LogP) is -0.821. The molecule has 2 N–H and O–H groups in total. The van der Waals surface area contributed by atoms with E-state index in [0.29, 0.717) is 0 Å². The second-order valence-electron chi connectivity index (χ2n) is 1.76. The molecule has 0 aliphatic rings.